The Morgan fingerprint density at radius 1 is 0.824 bits per heavy atom. The Bertz CT molecular complexity index is 289. The van der Waals surface area contributed by atoms with Crippen LogP contribution in [0.5, 0.6) is 0 Å². The zero-order valence-corrected chi connectivity index (χ0v) is 9.84. The summed E-state index contributed by atoms with van der Waals surface area (Å²) in [7, 11) is 0. The second-order valence-electron chi connectivity index (χ2n) is 5.47. The first kappa shape index (κ1) is 13.0. The fraction of sp³-hybridized carbons (Fsp3) is 1.00. The van der Waals surface area contributed by atoms with Gasteiger partial charge in [0.2, 0.25) is 0 Å². The summed E-state index contributed by atoms with van der Waals surface area (Å²) in [5, 5.41) is 0. The lowest BCUT2D eigenvalue weighted by atomic mass is 9.70. The molecule has 0 aliphatic heterocycles. The van der Waals surface area contributed by atoms with Crippen LogP contribution in [0.4, 0.5) is 26.3 Å². The molecule has 0 amide bonds. The highest BCUT2D eigenvalue weighted by molar-refractivity contribution is 4.96. The van der Waals surface area contributed by atoms with Gasteiger partial charge in [0.15, 0.2) is 0 Å². The van der Waals surface area contributed by atoms with E-state index in [1.54, 1.807) is 0 Å². The van der Waals surface area contributed by atoms with Gasteiger partial charge in [0.1, 0.15) is 0 Å². The van der Waals surface area contributed by atoms with Crippen molar-refractivity contribution in [2.24, 2.45) is 23.1 Å². The van der Waals surface area contributed by atoms with Crippen molar-refractivity contribution in [2.75, 3.05) is 0 Å². The van der Waals surface area contributed by atoms with Crippen LogP contribution < -0.4 is 0 Å². The van der Waals surface area contributed by atoms with E-state index in [4.69, 9.17) is 1.37 Å². The normalized spacial score (nSPS) is 37.1. The summed E-state index contributed by atoms with van der Waals surface area (Å²) in [4.78, 5) is 0. The standard InChI is InChI=1S/C11H16F6/c1-9(2,3)8-6(10(12,13)14)4-5-7(8)11(15,16)17/h6-8H,4-5H2,1-3H3/i8D. The molecule has 0 aromatic rings. The molecule has 1 aliphatic rings. The zero-order chi connectivity index (χ0) is 14.6. The Balaban J connectivity index is 3.30. The highest BCUT2D eigenvalue weighted by atomic mass is 19.4. The van der Waals surface area contributed by atoms with E-state index in [-0.39, 0.29) is 0 Å². The fourth-order valence-corrected chi connectivity index (χ4v) is 2.61. The summed E-state index contributed by atoms with van der Waals surface area (Å²) in [6, 6.07) is 0. The molecule has 0 spiro atoms. The van der Waals surface area contributed by atoms with Crippen LogP contribution in [0.25, 0.3) is 0 Å². The van der Waals surface area contributed by atoms with Gasteiger partial charge in [0.25, 0.3) is 0 Å². The maximum Gasteiger partial charge on any atom is 0.392 e. The maximum atomic E-state index is 12.9. The van der Waals surface area contributed by atoms with E-state index < -0.39 is 48.3 Å². The monoisotopic (exact) mass is 263 g/mol. The van der Waals surface area contributed by atoms with Gasteiger partial charge in [-0.3, -0.25) is 0 Å². The molecule has 0 radical (unpaired) electrons. The first-order valence-corrected chi connectivity index (χ1v) is 5.36. The van der Waals surface area contributed by atoms with Crippen molar-refractivity contribution < 1.29 is 27.7 Å². The molecule has 0 nitrogen and oxygen atoms in total. The third kappa shape index (κ3) is 3.07. The number of alkyl halides is 6. The Morgan fingerprint density at radius 3 is 1.29 bits per heavy atom. The minimum absolute atomic E-state index is 0.631. The smallest absolute Gasteiger partial charge is 0.171 e. The molecule has 2 unspecified atom stereocenters. The van der Waals surface area contributed by atoms with Gasteiger partial charge in [-0.05, 0) is 24.2 Å². The summed E-state index contributed by atoms with van der Waals surface area (Å²) >= 11 is 0. The van der Waals surface area contributed by atoms with Crippen LogP contribution in [0.15, 0.2) is 0 Å². The molecule has 1 aliphatic carbocycles. The lowest BCUT2D eigenvalue weighted by Crippen LogP contribution is -2.41. The molecule has 0 heterocycles. The van der Waals surface area contributed by atoms with E-state index in [0.717, 1.165) is 0 Å². The zero-order valence-electron chi connectivity index (χ0n) is 10.8. The van der Waals surface area contributed by atoms with Crippen molar-refractivity contribution in [3.8, 4) is 0 Å². The molecule has 0 bridgehead atoms. The second kappa shape index (κ2) is 4.05. The highest BCUT2D eigenvalue weighted by Gasteiger charge is 2.60. The summed E-state index contributed by atoms with van der Waals surface area (Å²) in [5.41, 5.74) is -1.40. The number of rotatable bonds is 0. The Labute approximate surface area is 97.8 Å². The van der Waals surface area contributed by atoms with Gasteiger partial charge in [-0.25, -0.2) is 0 Å². The van der Waals surface area contributed by atoms with Gasteiger partial charge in [-0.1, -0.05) is 20.8 Å². The van der Waals surface area contributed by atoms with Crippen LogP contribution >= 0.6 is 0 Å². The van der Waals surface area contributed by atoms with Crippen molar-refractivity contribution in [2.45, 2.75) is 46.0 Å². The average Bonchev–Trinajstić information content (AvgIpc) is 2.40. The van der Waals surface area contributed by atoms with E-state index in [0.29, 0.717) is 0 Å². The van der Waals surface area contributed by atoms with Crippen molar-refractivity contribution in [1.82, 2.24) is 0 Å². The summed E-state index contributed by atoms with van der Waals surface area (Å²) in [6.07, 6.45) is -10.8. The molecular formula is C11H16F6. The minimum Gasteiger partial charge on any atom is -0.171 e. The quantitative estimate of drug-likeness (QED) is 0.551. The number of hydrogen-bond donors (Lipinski definition) is 0. The topological polar surface area (TPSA) is 0 Å². The van der Waals surface area contributed by atoms with Gasteiger partial charge in [-0.15, -0.1) is 0 Å². The van der Waals surface area contributed by atoms with E-state index in [9.17, 15) is 26.3 Å². The predicted molar refractivity (Wildman–Crippen MR) is 51.3 cm³/mol. The SMILES string of the molecule is [2H]C1(C(C)(C)C)C(C(F)(F)F)CCC1C(F)(F)F. The second-order valence-corrected chi connectivity index (χ2v) is 5.47. The first-order chi connectivity index (χ1) is 7.72. The molecule has 0 N–H and O–H groups in total. The van der Waals surface area contributed by atoms with Gasteiger partial charge in [0, 0.05) is 1.37 Å². The van der Waals surface area contributed by atoms with E-state index in [2.05, 4.69) is 0 Å². The molecule has 2 atom stereocenters. The molecule has 17 heavy (non-hydrogen) atoms. The van der Waals surface area contributed by atoms with Gasteiger partial charge in [-0.2, -0.15) is 26.3 Å². The maximum absolute atomic E-state index is 12.9. The van der Waals surface area contributed by atoms with E-state index >= 15 is 0 Å². The Hall–Kier alpha value is -0.420. The van der Waals surface area contributed by atoms with Crippen molar-refractivity contribution in [3.63, 3.8) is 0 Å². The Morgan fingerprint density at radius 2 is 1.12 bits per heavy atom. The average molecular weight is 263 g/mol. The molecule has 0 saturated heterocycles. The predicted octanol–water partition coefficient (Wildman–Crippen LogP) is 4.80. The molecule has 1 rings (SSSR count). The van der Waals surface area contributed by atoms with Crippen LogP contribution in [0.2, 0.25) is 0 Å². The molecule has 102 valence electrons. The largest absolute Gasteiger partial charge is 0.392 e. The van der Waals surface area contributed by atoms with E-state index in [1.807, 2.05) is 0 Å². The molecule has 1 fully saturated rings. The van der Waals surface area contributed by atoms with Crippen LogP contribution in [0.1, 0.15) is 35.0 Å². The molecular weight excluding hydrogens is 246 g/mol. The van der Waals surface area contributed by atoms with Crippen LogP contribution in [-0.4, -0.2) is 12.4 Å². The van der Waals surface area contributed by atoms with Crippen LogP contribution in [0.3, 0.4) is 0 Å². The van der Waals surface area contributed by atoms with Crippen LogP contribution in [-0.2, 0) is 0 Å². The van der Waals surface area contributed by atoms with Crippen LogP contribution in [0, 0.1) is 23.1 Å². The highest BCUT2D eigenvalue weighted by Crippen LogP contribution is 2.57. The number of halogens is 6. The first-order valence-electron chi connectivity index (χ1n) is 5.86. The third-order valence-electron chi connectivity index (χ3n) is 3.15. The summed E-state index contributed by atoms with van der Waals surface area (Å²) < 4.78 is 85.1. The van der Waals surface area contributed by atoms with Crippen molar-refractivity contribution in [3.05, 3.63) is 0 Å². The summed E-state index contributed by atoms with van der Waals surface area (Å²) in [6.45, 7) is 3.80. The number of hydrogen-bond acceptors (Lipinski definition) is 0. The third-order valence-corrected chi connectivity index (χ3v) is 3.15. The lowest BCUT2D eigenvalue weighted by molar-refractivity contribution is -0.226. The Kier molecular flexibility index (Phi) is 3.11. The van der Waals surface area contributed by atoms with Gasteiger partial charge in [0.05, 0.1) is 11.8 Å². The van der Waals surface area contributed by atoms with Gasteiger partial charge >= 0.3 is 12.4 Å². The van der Waals surface area contributed by atoms with Crippen molar-refractivity contribution in [1.29, 1.82) is 0 Å². The lowest BCUT2D eigenvalue weighted by Gasteiger charge is -2.37. The minimum atomic E-state index is -4.77. The molecule has 0 aromatic carbocycles. The van der Waals surface area contributed by atoms with Gasteiger partial charge < -0.3 is 0 Å². The van der Waals surface area contributed by atoms with Crippen molar-refractivity contribution >= 4 is 0 Å². The fourth-order valence-electron chi connectivity index (χ4n) is 2.61. The summed E-state index contributed by atoms with van der Waals surface area (Å²) in [5.74, 6) is -7.02. The van der Waals surface area contributed by atoms with E-state index in [1.165, 1.54) is 20.8 Å². The molecule has 6 heteroatoms. The molecule has 1 saturated carbocycles. The molecule has 0 aromatic heterocycles.